The lowest BCUT2D eigenvalue weighted by molar-refractivity contribution is 0.0597. The number of fused-ring (bicyclic) bond motifs is 2. The molecule has 5 aromatic carbocycles. The number of benzene rings is 5. The maximum Gasteiger partial charge on any atom is 0.261 e. The molecule has 2 aromatic heterocycles. The molecular weight excluding hydrogens is 589 g/mol. The molecule has 2 aliphatic rings. The summed E-state index contributed by atoms with van der Waals surface area (Å²) >= 11 is 3.23. The first-order valence-corrected chi connectivity index (χ1v) is 16.2. The molecular formula is C36H22N2O4S2. The van der Waals surface area contributed by atoms with E-state index < -0.39 is 0 Å². The van der Waals surface area contributed by atoms with Crippen LogP contribution in [0.1, 0.15) is 51.2 Å². The van der Waals surface area contributed by atoms with Crippen molar-refractivity contribution in [1.29, 1.82) is 0 Å². The van der Waals surface area contributed by atoms with Crippen LogP contribution in [0.3, 0.4) is 0 Å². The zero-order chi connectivity index (χ0) is 29.7. The Morgan fingerprint density at radius 3 is 1.07 bits per heavy atom. The lowest BCUT2D eigenvalue weighted by atomic mass is 9.82. The van der Waals surface area contributed by atoms with E-state index in [-0.39, 0.29) is 23.6 Å². The molecule has 44 heavy (non-hydrogen) atoms. The van der Waals surface area contributed by atoms with E-state index in [0.29, 0.717) is 59.0 Å². The van der Waals surface area contributed by atoms with E-state index >= 15 is 0 Å². The predicted molar refractivity (Wildman–Crippen MR) is 174 cm³/mol. The third-order valence-electron chi connectivity index (χ3n) is 9.13. The van der Waals surface area contributed by atoms with Gasteiger partial charge in [0.15, 0.2) is 0 Å². The van der Waals surface area contributed by atoms with Gasteiger partial charge in [-0.05, 0) is 92.3 Å². The largest absolute Gasteiger partial charge is 0.274 e. The van der Waals surface area contributed by atoms with Crippen LogP contribution in [0.2, 0.25) is 0 Å². The molecule has 4 heterocycles. The second-order valence-corrected chi connectivity index (χ2v) is 13.4. The molecule has 2 aliphatic heterocycles. The Labute approximate surface area is 259 Å². The van der Waals surface area contributed by atoms with Crippen LogP contribution in [-0.4, -0.2) is 46.5 Å². The van der Waals surface area contributed by atoms with Crippen molar-refractivity contribution in [1.82, 2.24) is 9.80 Å². The number of carbonyl (C=O) groups excluding carboxylic acids is 4. The van der Waals surface area contributed by atoms with Gasteiger partial charge >= 0.3 is 0 Å². The topological polar surface area (TPSA) is 74.8 Å². The maximum atomic E-state index is 13.7. The number of thiophene rings is 2. The number of carbonyl (C=O) groups is 4. The normalized spacial score (nSPS) is 14.8. The predicted octanol–water partition coefficient (Wildman–Crippen LogP) is 7.54. The Morgan fingerprint density at radius 1 is 0.432 bits per heavy atom. The van der Waals surface area contributed by atoms with Gasteiger partial charge in [0.1, 0.15) is 0 Å². The highest BCUT2D eigenvalue weighted by atomic mass is 32.1. The van der Waals surface area contributed by atoms with Crippen LogP contribution in [0.15, 0.2) is 83.6 Å². The molecule has 0 N–H and O–H groups in total. The quantitative estimate of drug-likeness (QED) is 0.111. The molecule has 8 heteroatoms. The molecule has 0 saturated carbocycles. The van der Waals surface area contributed by atoms with Crippen LogP contribution in [0.4, 0.5) is 0 Å². The van der Waals surface area contributed by atoms with E-state index in [9.17, 15) is 19.2 Å². The van der Waals surface area contributed by atoms with Crippen LogP contribution < -0.4 is 0 Å². The molecule has 0 unspecified atom stereocenters. The number of hydrogen-bond donors (Lipinski definition) is 0. The minimum Gasteiger partial charge on any atom is -0.274 e. The number of rotatable bonds is 6. The standard InChI is InChI=1S/C36H22N2O4S2/c39-33-25-9-5-21-23-7-11-27-32-28(36(42)38(35(27)41)16-14-20-4-2-18-44-20)12-8-24(30(23)32)22-6-10-26(31(25)29(21)22)34(40)37(33)15-13-19-3-1-17-43-19/h1-12,17-18H,13-16H2. The van der Waals surface area contributed by atoms with Crippen LogP contribution in [0.25, 0.3) is 43.1 Å². The number of nitrogens with zero attached hydrogens (tertiary/aromatic N) is 2. The fourth-order valence-corrected chi connectivity index (χ4v) is 8.52. The minimum absolute atomic E-state index is 0.280. The van der Waals surface area contributed by atoms with Crippen LogP contribution >= 0.6 is 22.7 Å². The molecule has 212 valence electrons. The van der Waals surface area contributed by atoms with Crippen molar-refractivity contribution in [3.63, 3.8) is 0 Å². The highest BCUT2D eigenvalue weighted by Crippen LogP contribution is 2.46. The summed E-state index contributed by atoms with van der Waals surface area (Å²) in [4.78, 5) is 59.9. The van der Waals surface area contributed by atoms with Gasteiger partial charge in [0.25, 0.3) is 23.6 Å². The fourth-order valence-electron chi connectivity index (χ4n) is 7.13. The van der Waals surface area contributed by atoms with Crippen molar-refractivity contribution < 1.29 is 19.2 Å². The second kappa shape index (κ2) is 9.29. The third-order valence-corrected chi connectivity index (χ3v) is 11.0. The van der Waals surface area contributed by atoms with E-state index in [4.69, 9.17) is 0 Å². The monoisotopic (exact) mass is 610 g/mol. The zero-order valence-corrected chi connectivity index (χ0v) is 24.9. The summed E-state index contributed by atoms with van der Waals surface area (Å²) in [5.41, 5.74) is 2.08. The summed E-state index contributed by atoms with van der Waals surface area (Å²) in [5.74, 6) is -1.12. The smallest absolute Gasteiger partial charge is 0.261 e. The Morgan fingerprint density at radius 2 is 0.773 bits per heavy atom. The van der Waals surface area contributed by atoms with E-state index in [1.54, 1.807) is 22.7 Å². The van der Waals surface area contributed by atoms with Crippen molar-refractivity contribution in [2.75, 3.05) is 13.1 Å². The summed E-state index contributed by atoms with van der Waals surface area (Å²) in [6.45, 7) is 0.644. The SMILES string of the molecule is O=C1c2ccc3c4ccc5c6c(ccc(c7ccc(c2c37)C(=O)N1CCc1cccs1)c64)C(=O)N(CCc1cccs1)C5=O. The molecule has 0 atom stereocenters. The highest BCUT2D eigenvalue weighted by molar-refractivity contribution is 7.10. The Hall–Kier alpha value is -4.92. The molecule has 0 spiro atoms. The van der Waals surface area contributed by atoms with Crippen molar-refractivity contribution in [2.24, 2.45) is 0 Å². The molecule has 0 saturated heterocycles. The molecule has 0 bridgehead atoms. The number of hydrogen-bond acceptors (Lipinski definition) is 6. The maximum absolute atomic E-state index is 13.7. The Kier molecular flexibility index (Phi) is 5.40. The van der Waals surface area contributed by atoms with Gasteiger partial charge in [-0.3, -0.25) is 29.0 Å². The molecule has 7 aromatic rings. The summed E-state index contributed by atoms with van der Waals surface area (Å²) in [7, 11) is 0. The lowest BCUT2D eigenvalue weighted by Gasteiger charge is -2.30. The van der Waals surface area contributed by atoms with E-state index in [1.807, 2.05) is 83.6 Å². The van der Waals surface area contributed by atoms with E-state index in [1.165, 1.54) is 9.80 Å². The van der Waals surface area contributed by atoms with Gasteiger partial charge in [-0.25, -0.2) is 0 Å². The van der Waals surface area contributed by atoms with Gasteiger partial charge in [0.05, 0.1) is 0 Å². The second-order valence-electron chi connectivity index (χ2n) is 11.3. The minimum atomic E-state index is -0.280. The zero-order valence-electron chi connectivity index (χ0n) is 23.3. The first kappa shape index (κ1) is 25.6. The molecule has 0 fully saturated rings. The average Bonchev–Trinajstić information content (AvgIpc) is 3.77. The molecule has 0 aliphatic carbocycles. The first-order valence-electron chi connectivity index (χ1n) is 14.5. The summed E-state index contributed by atoms with van der Waals surface area (Å²) in [6.07, 6.45) is 1.24. The molecule has 9 rings (SSSR count). The van der Waals surface area contributed by atoms with Crippen LogP contribution in [-0.2, 0) is 12.8 Å². The number of amides is 4. The average molecular weight is 611 g/mol. The van der Waals surface area contributed by atoms with Crippen molar-refractivity contribution >= 4 is 89.4 Å². The van der Waals surface area contributed by atoms with Crippen molar-refractivity contribution in [2.45, 2.75) is 12.8 Å². The number of imide groups is 2. The Balaban J connectivity index is 1.21. The molecule has 4 amide bonds. The highest BCUT2D eigenvalue weighted by Gasteiger charge is 2.36. The summed E-state index contributed by atoms with van der Waals surface area (Å²) in [6, 6.07) is 23.0. The Bertz CT molecular complexity index is 2090. The van der Waals surface area contributed by atoms with Gasteiger partial charge in [0, 0.05) is 55.9 Å². The van der Waals surface area contributed by atoms with Crippen molar-refractivity contribution in [3.8, 4) is 0 Å². The lowest BCUT2D eigenvalue weighted by Crippen LogP contribution is -2.41. The third kappa shape index (κ3) is 3.40. The summed E-state index contributed by atoms with van der Waals surface area (Å²) in [5, 5.41) is 10.6. The van der Waals surface area contributed by atoms with E-state index in [2.05, 4.69) is 0 Å². The van der Waals surface area contributed by atoms with Crippen LogP contribution in [0, 0.1) is 0 Å². The molecule has 6 nitrogen and oxygen atoms in total. The van der Waals surface area contributed by atoms with Crippen molar-refractivity contribution in [3.05, 3.63) is 116 Å². The fraction of sp³-hybridized carbons (Fsp3) is 0.111. The first-order chi connectivity index (χ1) is 21.5. The summed E-state index contributed by atoms with van der Waals surface area (Å²) < 4.78 is 0. The van der Waals surface area contributed by atoms with Gasteiger partial charge in [-0.15, -0.1) is 22.7 Å². The van der Waals surface area contributed by atoms with Gasteiger partial charge < -0.3 is 0 Å². The van der Waals surface area contributed by atoms with Gasteiger partial charge in [0.2, 0.25) is 0 Å². The van der Waals surface area contributed by atoms with E-state index in [0.717, 1.165) is 42.1 Å². The van der Waals surface area contributed by atoms with Gasteiger partial charge in [-0.1, -0.05) is 36.4 Å². The van der Waals surface area contributed by atoms with Gasteiger partial charge in [-0.2, -0.15) is 0 Å². The van der Waals surface area contributed by atoms with Crippen LogP contribution in [0.5, 0.6) is 0 Å². The molecule has 0 radical (unpaired) electrons.